The van der Waals surface area contributed by atoms with Crippen LogP contribution in [0.4, 0.5) is 11.7 Å². The number of Topliss-reactive ketones (excluding diaryl/α,β-unsaturated/α-hetero) is 1. The van der Waals surface area contributed by atoms with E-state index in [1.54, 1.807) is 13.8 Å². The van der Waals surface area contributed by atoms with Gasteiger partial charge in [-0.1, -0.05) is 68.2 Å². The first-order chi connectivity index (χ1) is 19.4. The molecule has 0 amide bonds. The van der Waals surface area contributed by atoms with Crippen LogP contribution in [0.1, 0.15) is 88.5 Å². The first-order valence-corrected chi connectivity index (χ1v) is 14.0. The fourth-order valence-corrected chi connectivity index (χ4v) is 4.15. The Kier molecular flexibility index (Phi) is 15.6. The van der Waals surface area contributed by atoms with E-state index in [-0.39, 0.29) is 11.7 Å². The van der Waals surface area contributed by atoms with Gasteiger partial charge in [-0.05, 0) is 83.6 Å². The molecule has 2 aromatic carbocycles. The topological polar surface area (TPSA) is 92.4 Å². The molecule has 1 heterocycles. The number of benzene rings is 2. The number of carboxylic acid groups (broad SMARTS) is 1. The molecule has 0 radical (unpaired) electrons. The quantitative estimate of drug-likeness (QED) is 0.140. The van der Waals surface area contributed by atoms with E-state index in [4.69, 9.17) is 9.52 Å². The van der Waals surface area contributed by atoms with Gasteiger partial charge in [-0.15, -0.1) is 18.9 Å². The molecule has 1 aromatic heterocycles. The van der Waals surface area contributed by atoms with Crippen molar-refractivity contribution in [1.29, 1.82) is 0 Å². The van der Waals surface area contributed by atoms with E-state index >= 15 is 0 Å². The van der Waals surface area contributed by atoms with Gasteiger partial charge >= 0.3 is 5.97 Å². The molecule has 1 fully saturated rings. The minimum absolute atomic E-state index is 0.0718. The van der Waals surface area contributed by atoms with Crippen LogP contribution in [0.25, 0.3) is 11.1 Å². The van der Waals surface area contributed by atoms with Crippen molar-refractivity contribution in [2.45, 2.75) is 80.6 Å². The lowest BCUT2D eigenvalue weighted by Crippen LogP contribution is -2.20. The van der Waals surface area contributed by atoms with Crippen LogP contribution in [0.15, 0.2) is 65.1 Å². The summed E-state index contributed by atoms with van der Waals surface area (Å²) < 4.78 is 5.51. The summed E-state index contributed by atoms with van der Waals surface area (Å²) in [5.74, 6) is 2.86. The number of nitrogens with zero attached hydrogens (tertiary/aromatic N) is 1. The molecule has 4 rings (SSSR count). The minimum atomic E-state index is -0.598. The summed E-state index contributed by atoms with van der Waals surface area (Å²) in [6.07, 6.45) is 10.1. The van der Waals surface area contributed by atoms with Crippen molar-refractivity contribution in [3.05, 3.63) is 77.7 Å². The lowest BCUT2D eigenvalue weighted by Gasteiger charge is -2.15. The van der Waals surface area contributed by atoms with Crippen LogP contribution in [-0.4, -0.2) is 21.8 Å². The average molecular weight is 559 g/mol. The number of nitrogens with one attached hydrogen (secondary N) is 1. The van der Waals surface area contributed by atoms with Crippen LogP contribution >= 0.6 is 0 Å². The minimum Gasteiger partial charge on any atom is -0.481 e. The summed E-state index contributed by atoms with van der Waals surface area (Å²) in [6, 6.07) is 16.1. The van der Waals surface area contributed by atoms with Crippen molar-refractivity contribution >= 4 is 23.5 Å². The van der Waals surface area contributed by atoms with Gasteiger partial charge in [-0.3, -0.25) is 9.59 Å². The molecule has 0 aliphatic heterocycles. The highest BCUT2D eigenvalue weighted by molar-refractivity contribution is 5.94. The summed E-state index contributed by atoms with van der Waals surface area (Å²) in [7, 11) is 0. The van der Waals surface area contributed by atoms with Crippen molar-refractivity contribution < 1.29 is 19.1 Å². The third kappa shape index (κ3) is 13.2. The number of carboxylic acids is 1. The van der Waals surface area contributed by atoms with Crippen LogP contribution < -0.4 is 5.32 Å². The fraction of sp³-hybridized carbons (Fsp3) is 0.400. The van der Waals surface area contributed by atoms with Gasteiger partial charge in [-0.25, -0.2) is 0 Å². The van der Waals surface area contributed by atoms with Crippen LogP contribution in [-0.2, 0) is 4.79 Å². The van der Waals surface area contributed by atoms with E-state index in [0.29, 0.717) is 11.9 Å². The molecule has 0 spiro atoms. The zero-order valence-corrected chi connectivity index (χ0v) is 25.7. The van der Waals surface area contributed by atoms with Gasteiger partial charge in [0.1, 0.15) is 5.76 Å². The molecule has 6 heteroatoms. The highest BCUT2D eigenvalue weighted by Gasteiger charge is 2.25. The smallest absolute Gasteiger partial charge is 0.306 e. The maximum Gasteiger partial charge on any atom is 0.306 e. The van der Waals surface area contributed by atoms with Crippen LogP contribution in [0.5, 0.6) is 0 Å². The molecule has 1 unspecified atom stereocenters. The molecule has 0 bridgehead atoms. The molecular formula is C35H46N2O4. The fourth-order valence-electron chi connectivity index (χ4n) is 4.15. The van der Waals surface area contributed by atoms with Gasteiger partial charge in [0.2, 0.25) is 0 Å². The number of aryl methyl sites for hydroxylation is 2. The van der Waals surface area contributed by atoms with Gasteiger partial charge in [0.15, 0.2) is 5.78 Å². The lowest BCUT2D eigenvalue weighted by molar-refractivity contribution is -0.143. The number of aromatic nitrogens is 1. The summed E-state index contributed by atoms with van der Waals surface area (Å²) in [4.78, 5) is 26.3. The molecule has 1 saturated carbocycles. The molecule has 0 saturated heterocycles. The van der Waals surface area contributed by atoms with E-state index in [9.17, 15) is 9.59 Å². The molecule has 2 N–H and O–H groups in total. The Labute approximate surface area is 246 Å². The van der Waals surface area contributed by atoms with Crippen molar-refractivity contribution in [2.75, 3.05) is 5.32 Å². The second-order valence-corrected chi connectivity index (χ2v) is 10.6. The number of carbonyl (C=O) groups is 2. The predicted molar refractivity (Wildman–Crippen MR) is 170 cm³/mol. The molecule has 41 heavy (non-hydrogen) atoms. The Hall–Kier alpha value is -4.11. The molecule has 1 aliphatic carbocycles. The van der Waals surface area contributed by atoms with Gasteiger partial charge in [-0.2, -0.15) is 4.98 Å². The largest absolute Gasteiger partial charge is 0.481 e. The second kappa shape index (κ2) is 18.3. The standard InChI is InChI=1S/C19H18N2O2.C9H16O2.C4H8.C3H4/c1-12-14(3)23-19(20-12)21-18-10-8-17(9-11-18)16-6-4-15(5-7-16)13(2)22;1-7-5-3-2-4-6-8(7)9(10)11;1-4(2)3;1-3-2/h4-11H,1-3H3,(H,20,21);7-8H,2-6H2,1H3,(H,10,11);1H2,2-3H3;1H,2H3/t;7?,8-;;/m.1../s1. The summed E-state index contributed by atoms with van der Waals surface area (Å²) in [5.41, 5.74) is 5.85. The Balaban J connectivity index is 0.000000387. The van der Waals surface area contributed by atoms with E-state index in [0.717, 1.165) is 53.1 Å². The second-order valence-electron chi connectivity index (χ2n) is 10.6. The third-order valence-electron chi connectivity index (χ3n) is 6.47. The molecular weight excluding hydrogens is 512 g/mol. The number of ketones is 1. The highest BCUT2D eigenvalue weighted by Crippen LogP contribution is 2.28. The van der Waals surface area contributed by atoms with Crippen molar-refractivity contribution in [3.63, 3.8) is 0 Å². The summed E-state index contributed by atoms with van der Waals surface area (Å²) in [5, 5.41) is 12.0. The monoisotopic (exact) mass is 558 g/mol. The number of carbonyl (C=O) groups excluding carboxylic acids is 1. The van der Waals surface area contributed by atoms with E-state index < -0.39 is 5.97 Å². The zero-order chi connectivity index (χ0) is 30.9. The van der Waals surface area contributed by atoms with Crippen LogP contribution in [0, 0.1) is 38.0 Å². The molecule has 1 aliphatic rings. The number of hydrogen-bond donors (Lipinski definition) is 2. The SMILES string of the molecule is C#CC.C=C(C)C.CC(=O)c1ccc(-c2ccc(Nc3nc(C)c(C)o3)cc2)cc1.CC1CCCCC[C@H]1C(=O)O. The number of rotatable bonds is 5. The van der Waals surface area contributed by atoms with Crippen molar-refractivity contribution in [3.8, 4) is 23.5 Å². The molecule has 2 atom stereocenters. The van der Waals surface area contributed by atoms with Gasteiger partial charge in [0.05, 0.1) is 11.6 Å². The molecule has 3 aromatic rings. The van der Waals surface area contributed by atoms with Gasteiger partial charge in [0.25, 0.3) is 6.01 Å². The van der Waals surface area contributed by atoms with E-state index in [1.807, 2.05) is 76.2 Å². The number of allylic oxidation sites excluding steroid dienone is 1. The summed E-state index contributed by atoms with van der Waals surface area (Å²) >= 11 is 0. The van der Waals surface area contributed by atoms with Crippen molar-refractivity contribution in [1.82, 2.24) is 4.98 Å². The Morgan fingerprint density at radius 2 is 1.46 bits per heavy atom. The number of terminal acetylenes is 1. The summed E-state index contributed by atoms with van der Waals surface area (Å²) in [6.45, 7) is 16.6. The molecule has 6 nitrogen and oxygen atoms in total. The third-order valence-corrected chi connectivity index (χ3v) is 6.47. The molecule has 220 valence electrons. The average Bonchev–Trinajstić information content (AvgIpc) is 3.08. The first-order valence-electron chi connectivity index (χ1n) is 14.0. The predicted octanol–water partition coefficient (Wildman–Crippen LogP) is 9.41. The van der Waals surface area contributed by atoms with Crippen molar-refractivity contribution in [2.24, 2.45) is 11.8 Å². The normalized spacial score (nSPS) is 15.6. The zero-order valence-electron chi connectivity index (χ0n) is 25.7. The number of aliphatic carboxylic acids is 1. The van der Waals surface area contributed by atoms with E-state index in [2.05, 4.69) is 36.1 Å². The van der Waals surface area contributed by atoms with Crippen LogP contribution in [0.2, 0.25) is 0 Å². The highest BCUT2D eigenvalue weighted by atomic mass is 16.4. The maximum absolute atomic E-state index is 11.3. The Morgan fingerprint density at radius 1 is 0.976 bits per heavy atom. The number of hydrogen-bond acceptors (Lipinski definition) is 5. The number of anilines is 2. The van der Waals surface area contributed by atoms with Gasteiger partial charge in [0, 0.05) is 11.3 Å². The lowest BCUT2D eigenvalue weighted by atomic mass is 9.90. The van der Waals surface area contributed by atoms with Gasteiger partial charge < -0.3 is 14.8 Å². The Morgan fingerprint density at radius 3 is 1.90 bits per heavy atom. The van der Waals surface area contributed by atoms with Crippen LogP contribution in [0.3, 0.4) is 0 Å². The maximum atomic E-state index is 11.3. The van der Waals surface area contributed by atoms with E-state index in [1.165, 1.54) is 18.4 Å². The first kappa shape index (κ1) is 34.9. The Bertz CT molecular complexity index is 1260. The number of oxazole rings is 1.